The van der Waals surface area contributed by atoms with Crippen LogP contribution in [0.2, 0.25) is 5.02 Å². The van der Waals surface area contributed by atoms with Gasteiger partial charge in [0.1, 0.15) is 0 Å². The third-order valence-corrected chi connectivity index (χ3v) is 6.33. The molecule has 1 aromatic heterocycles. The molecule has 0 spiro atoms. The van der Waals surface area contributed by atoms with E-state index in [4.69, 9.17) is 15.8 Å². The van der Waals surface area contributed by atoms with Gasteiger partial charge in [-0.05, 0) is 24.5 Å². The summed E-state index contributed by atoms with van der Waals surface area (Å²) in [5.41, 5.74) is 0. The van der Waals surface area contributed by atoms with Crippen LogP contribution in [0.3, 0.4) is 0 Å². The number of amides is 2. The first-order chi connectivity index (χ1) is 10.5. The number of anilines is 1. The molecule has 1 aromatic carbocycles. The van der Waals surface area contributed by atoms with E-state index in [2.05, 4.69) is 14.7 Å². The molecule has 0 radical (unpaired) electrons. The Morgan fingerprint density at radius 3 is 2.83 bits per heavy atom. The van der Waals surface area contributed by atoms with Crippen molar-refractivity contribution < 1.29 is 13.2 Å². The van der Waals surface area contributed by atoms with E-state index in [1.807, 2.05) is 6.26 Å². The maximum absolute atomic E-state index is 12.6. The van der Waals surface area contributed by atoms with E-state index in [9.17, 15) is 9.00 Å². The van der Waals surface area contributed by atoms with E-state index in [0.717, 1.165) is 4.21 Å². The first-order valence-corrected chi connectivity index (χ1v) is 9.72. The van der Waals surface area contributed by atoms with Crippen LogP contribution >= 0.6 is 34.7 Å². The Hall–Kier alpha value is -0.130. The van der Waals surface area contributed by atoms with Crippen molar-refractivity contribution in [3.05, 3.63) is 35.5 Å². The van der Waals surface area contributed by atoms with Gasteiger partial charge in [0.15, 0.2) is 5.13 Å². The second-order valence-corrected chi connectivity index (χ2v) is 8.32. The normalized spacial score (nSPS) is 12.8. The van der Waals surface area contributed by atoms with Crippen molar-refractivity contribution in [2.45, 2.75) is 9.10 Å². The van der Waals surface area contributed by atoms with Gasteiger partial charge in [0.05, 0.1) is 22.4 Å². The zero-order valence-electron chi connectivity index (χ0n) is 11.6. The van der Waals surface area contributed by atoms with Crippen LogP contribution in [-0.2, 0) is 14.2 Å². The number of halogens is 1. The Labute approximate surface area is 170 Å². The second-order valence-electron chi connectivity index (χ2n) is 3.81. The van der Waals surface area contributed by atoms with Crippen molar-refractivity contribution in [3.8, 4) is 0 Å². The van der Waals surface area contributed by atoms with E-state index in [0.29, 0.717) is 10.2 Å². The molecule has 2 rings (SSSR count). The minimum atomic E-state index is -3.35. The molecular formula is C12H13ClN3NaO3S3. The number of carbonyl (C=O) groups is 1. The number of nitrogens with zero attached hydrogens (tertiary/aromatic N) is 2. The molecule has 23 heavy (non-hydrogen) atoms. The molecule has 1 unspecified atom stereocenters. The fraction of sp³-hybridized carbons (Fsp3) is 0.167. The monoisotopic (exact) mass is 401 g/mol. The van der Waals surface area contributed by atoms with Gasteiger partial charge < -0.3 is 0 Å². The van der Waals surface area contributed by atoms with Crippen LogP contribution in [0.25, 0.3) is 0 Å². The van der Waals surface area contributed by atoms with E-state index >= 15 is 0 Å². The van der Waals surface area contributed by atoms with Gasteiger partial charge >= 0.3 is 35.6 Å². The average molecular weight is 402 g/mol. The zero-order valence-corrected chi connectivity index (χ0v) is 14.8. The van der Waals surface area contributed by atoms with Crippen molar-refractivity contribution in [2.24, 2.45) is 4.36 Å². The number of aromatic nitrogens is 1. The number of thiazole rings is 1. The number of carbonyl (C=O) groups excluding carboxylic acids is 1. The SMILES string of the molecule is COS(=O)(=NC(=O)Nc1ncc(SC)s1)c1cccc(Cl)c1.[NaH]. The van der Waals surface area contributed by atoms with E-state index < -0.39 is 16.0 Å². The number of benzene rings is 1. The van der Waals surface area contributed by atoms with Crippen LogP contribution in [0.1, 0.15) is 0 Å². The summed E-state index contributed by atoms with van der Waals surface area (Å²) in [7, 11) is -2.13. The molecular weight excluding hydrogens is 389 g/mol. The number of nitrogens with one attached hydrogen (secondary N) is 1. The molecule has 1 heterocycles. The quantitative estimate of drug-likeness (QED) is 0.626. The predicted octanol–water partition coefficient (Wildman–Crippen LogP) is 3.49. The van der Waals surface area contributed by atoms with Crippen LogP contribution < -0.4 is 5.32 Å². The Morgan fingerprint density at radius 1 is 1.52 bits per heavy atom. The van der Waals surface area contributed by atoms with Crippen LogP contribution in [0.4, 0.5) is 9.93 Å². The molecule has 2 amide bonds. The number of hydrogen-bond acceptors (Lipinski definition) is 6. The van der Waals surface area contributed by atoms with Gasteiger partial charge in [0.25, 0.3) is 0 Å². The van der Waals surface area contributed by atoms with Crippen molar-refractivity contribution in [1.29, 1.82) is 0 Å². The van der Waals surface area contributed by atoms with Crippen molar-refractivity contribution in [1.82, 2.24) is 4.98 Å². The van der Waals surface area contributed by atoms with Gasteiger partial charge in [-0.2, -0.15) is 0 Å². The van der Waals surface area contributed by atoms with Crippen LogP contribution in [0.5, 0.6) is 0 Å². The molecule has 0 aliphatic heterocycles. The first-order valence-electron chi connectivity index (χ1n) is 5.86. The molecule has 2 aromatic rings. The Morgan fingerprint density at radius 2 is 2.26 bits per heavy atom. The average Bonchev–Trinajstić information content (AvgIpc) is 2.94. The van der Waals surface area contributed by atoms with E-state index in [1.165, 1.54) is 42.3 Å². The Kier molecular flexibility index (Phi) is 8.53. The fourth-order valence-electron chi connectivity index (χ4n) is 1.45. The van der Waals surface area contributed by atoms with Crippen molar-refractivity contribution in [2.75, 3.05) is 18.7 Å². The van der Waals surface area contributed by atoms with Crippen molar-refractivity contribution in [3.63, 3.8) is 0 Å². The number of hydrogen-bond donors (Lipinski definition) is 1. The molecule has 11 heteroatoms. The van der Waals surface area contributed by atoms with Gasteiger partial charge in [-0.15, -0.1) is 16.1 Å². The Balaban J connectivity index is 0.00000264. The van der Waals surface area contributed by atoms with Crippen LogP contribution in [0.15, 0.2) is 43.9 Å². The van der Waals surface area contributed by atoms with Gasteiger partial charge in [0.2, 0.25) is 10.0 Å². The van der Waals surface area contributed by atoms with Gasteiger partial charge in [-0.1, -0.05) is 29.0 Å². The molecule has 0 aliphatic carbocycles. The molecule has 0 bridgehead atoms. The maximum atomic E-state index is 12.6. The molecule has 0 fully saturated rings. The number of urea groups is 1. The molecule has 0 saturated heterocycles. The summed E-state index contributed by atoms with van der Waals surface area (Å²) >= 11 is 8.67. The molecule has 1 N–H and O–H groups in total. The molecule has 0 saturated carbocycles. The summed E-state index contributed by atoms with van der Waals surface area (Å²) in [4.78, 5) is 16.2. The topological polar surface area (TPSA) is 80.6 Å². The summed E-state index contributed by atoms with van der Waals surface area (Å²) in [5, 5.41) is 3.22. The molecule has 120 valence electrons. The molecule has 6 nitrogen and oxygen atoms in total. The predicted molar refractivity (Wildman–Crippen MR) is 97.4 cm³/mol. The van der Waals surface area contributed by atoms with Crippen LogP contribution in [-0.4, -0.2) is 58.1 Å². The van der Waals surface area contributed by atoms with Gasteiger partial charge in [-0.3, -0.25) is 9.50 Å². The van der Waals surface area contributed by atoms with Crippen LogP contribution in [0, 0.1) is 0 Å². The summed E-state index contributed by atoms with van der Waals surface area (Å²) < 4.78 is 22.1. The van der Waals surface area contributed by atoms with E-state index in [1.54, 1.807) is 18.3 Å². The number of thioether (sulfide) groups is 1. The standard InChI is InChI=1S/C12H12ClN3O3S3.Na.H/c1-19-22(18,9-5-3-4-8(13)6-9)16-11(17)15-12-14-7-10(20-2)21-12;;/h3-7H,1-2H3,(H,14,15,17);;. The molecule has 0 aliphatic rings. The summed E-state index contributed by atoms with van der Waals surface area (Å²) in [6.45, 7) is 0. The van der Waals surface area contributed by atoms with Gasteiger partial charge in [-0.25, -0.2) is 14.0 Å². The molecule has 1 atom stereocenters. The third kappa shape index (κ3) is 5.71. The second kappa shape index (κ2) is 9.38. The van der Waals surface area contributed by atoms with E-state index in [-0.39, 0.29) is 34.5 Å². The first kappa shape index (κ1) is 20.9. The third-order valence-electron chi connectivity index (χ3n) is 2.42. The summed E-state index contributed by atoms with van der Waals surface area (Å²) in [6, 6.07) is 5.41. The summed E-state index contributed by atoms with van der Waals surface area (Å²) in [6.07, 6.45) is 3.54. The zero-order chi connectivity index (χ0) is 16.2. The minimum absolute atomic E-state index is 0. The van der Waals surface area contributed by atoms with Crippen molar-refractivity contribution >= 4 is 85.4 Å². The summed E-state index contributed by atoms with van der Waals surface area (Å²) in [5.74, 6) is 0. The fourth-order valence-corrected chi connectivity index (χ4v) is 4.13. The van der Waals surface area contributed by atoms with Gasteiger partial charge in [0, 0.05) is 5.02 Å². The number of rotatable bonds is 4. The Bertz CT molecular complexity index is 806.